The molecule has 0 fully saturated rings. The van der Waals surface area contributed by atoms with E-state index in [1.165, 1.54) is 0 Å². The van der Waals surface area contributed by atoms with Crippen molar-refractivity contribution in [1.29, 1.82) is 0 Å². The van der Waals surface area contributed by atoms with Gasteiger partial charge in [0.05, 0.1) is 0 Å². The number of amides is 1. The van der Waals surface area contributed by atoms with Gasteiger partial charge in [0.25, 0.3) is 5.91 Å². The molecule has 0 saturated heterocycles. The molecule has 0 saturated carbocycles. The zero-order valence-corrected chi connectivity index (χ0v) is 11.0. The number of carbonyl (C=O) groups is 1. The minimum absolute atomic E-state index is 0.0585. The van der Waals surface area contributed by atoms with Crippen LogP contribution in [0.15, 0.2) is 42.7 Å². The average Bonchev–Trinajstić information content (AvgIpc) is 2.92. The van der Waals surface area contributed by atoms with Crippen LogP contribution in [0.5, 0.6) is 5.75 Å². The fourth-order valence-electron chi connectivity index (χ4n) is 1.97. The van der Waals surface area contributed by atoms with Gasteiger partial charge in [-0.2, -0.15) is 5.10 Å². The van der Waals surface area contributed by atoms with Crippen LogP contribution in [0.25, 0.3) is 0 Å². The highest BCUT2D eigenvalue weighted by molar-refractivity contribution is 5.95. The average molecular weight is 259 g/mol. The van der Waals surface area contributed by atoms with Crippen molar-refractivity contribution < 1.29 is 9.90 Å². The molecule has 0 aliphatic rings. The van der Waals surface area contributed by atoms with Gasteiger partial charge >= 0.3 is 0 Å². The van der Waals surface area contributed by atoms with Gasteiger partial charge in [0.2, 0.25) is 0 Å². The number of hydrogen-bond donors (Lipinski definition) is 1. The van der Waals surface area contributed by atoms with Crippen molar-refractivity contribution in [2.75, 3.05) is 11.4 Å². The predicted octanol–water partition coefficient (Wildman–Crippen LogP) is 2.20. The van der Waals surface area contributed by atoms with E-state index in [-0.39, 0.29) is 17.7 Å². The Labute approximate surface area is 112 Å². The Morgan fingerprint density at radius 2 is 2.26 bits per heavy atom. The van der Waals surface area contributed by atoms with Gasteiger partial charge in [-0.05, 0) is 32.0 Å². The molecule has 1 aromatic carbocycles. The van der Waals surface area contributed by atoms with Gasteiger partial charge in [0, 0.05) is 30.7 Å². The van der Waals surface area contributed by atoms with Crippen molar-refractivity contribution >= 4 is 11.6 Å². The van der Waals surface area contributed by atoms with Crippen LogP contribution >= 0.6 is 0 Å². The summed E-state index contributed by atoms with van der Waals surface area (Å²) in [5, 5.41) is 13.6. The first-order valence-corrected chi connectivity index (χ1v) is 6.23. The molecule has 1 atom stereocenters. The summed E-state index contributed by atoms with van der Waals surface area (Å²) in [6.07, 6.45) is 3.41. The van der Waals surface area contributed by atoms with Gasteiger partial charge in [-0.1, -0.05) is 6.07 Å². The molecular weight excluding hydrogens is 242 g/mol. The molecule has 1 unspecified atom stereocenters. The highest BCUT2D eigenvalue weighted by Crippen LogP contribution is 2.22. The number of anilines is 1. The molecule has 19 heavy (non-hydrogen) atoms. The highest BCUT2D eigenvalue weighted by atomic mass is 16.3. The maximum atomic E-state index is 12.5. The third-order valence-corrected chi connectivity index (χ3v) is 3.00. The van der Waals surface area contributed by atoms with Crippen molar-refractivity contribution in [2.24, 2.45) is 0 Å². The van der Waals surface area contributed by atoms with E-state index in [4.69, 9.17) is 0 Å². The minimum atomic E-state index is -0.378. The molecule has 1 amide bonds. The molecule has 0 spiro atoms. The van der Waals surface area contributed by atoms with Gasteiger partial charge in [0.15, 0.2) is 0 Å². The number of hydrogen-bond acceptors (Lipinski definition) is 3. The lowest BCUT2D eigenvalue weighted by atomic mass is 10.2. The molecule has 5 heteroatoms. The van der Waals surface area contributed by atoms with E-state index in [1.807, 2.05) is 6.92 Å². The van der Waals surface area contributed by atoms with Gasteiger partial charge in [-0.15, -0.1) is 0 Å². The fourth-order valence-corrected chi connectivity index (χ4v) is 1.97. The number of likely N-dealkylation sites (N-methyl/N-ethyl adjacent to an activating group) is 1. The summed E-state index contributed by atoms with van der Waals surface area (Å²) in [5.74, 6) is 0.0901. The Balaban J connectivity index is 2.25. The molecule has 0 aliphatic carbocycles. The first-order chi connectivity index (χ1) is 9.13. The van der Waals surface area contributed by atoms with Crippen LogP contribution in [-0.2, 0) is 4.79 Å². The Kier molecular flexibility index (Phi) is 3.85. The number of phenolic OH excluding ortho intramolecular Hbond substituents is 1. The third-order valence-electron chi connectivity index (χ3n) is 3.00. The van der Waals surface area contributed by atoms with Crippen molar-refractivity contribution in [1.82, 2.24) is 9.78 Å². The summed E-state index contributed by atoms with van der Waals surface area (Å²) in [4.78, 5) is 14.1. The Morgan fingerprint density at radius 1 is 1.47 bits per heavy atom. The van der Waals surface area contributed by atoms with Crippen LogP contribution < -0.4 is 4.90 Å². The summed E-state index contributed by atoms with van der Waals surface area (Å²) in [6, 6.07) is 8.10. The van der Waals surface area contributed by atoms with E-state index < -0.39 is 0 Å². The summed E-state index contributed by atoms with van der Waals surface area (Å²) in [7, 11) is 0. The Bertz CT molecular complexity index is 552. The van der Waals surface area contributed by atoms with Gasteiger partial charge in [-0.25, -0.2) is 0 Å². The second-order valence-corrected chi connectivity index (χ2v) is 4.26. The molecule has 2 rings (SSSR count). The predicted molar refractivity (Wildman–Crippen MR) is 73.1 cm³/mol. The quantitative estimate of drug-likeness (QED) is 0.915. The number of benzene rings is 1. The van der Waals surface area contributed by atoms with Crippen molar-refractivity contribution in [2.45, 2.75) is 19.9 Å². The standard InChI is InChI=1S/C14H17N3O2/c1-3-16(12-6-4-7-13(18)10-12)14(19)11(2)17-9-5-8-15-17/h4-11,18H,3H2,1-2H3. The summed E-state index contributed by atoms with van der Waals surface area (Å²) >= 11 is 0. The number of phenols is 1. The van der Waals surface area contributed by atoms with Crippen molar-refractivity contribution in [3.05, 3.63) is 42.7 Å². The van der Waals surface area contributed by atoms with Gasteiger partial charge in [-0.3, -0.25) is 9.48 Å². The lowest BCUT2D eigenvalue weighted by molar-refractivity contribution is -0.121. The molecule has 1 N–H and O–H groups in total. The van der Waals surface area contributed by atoms with Crippen LogP contribution in [0, 0.1) is 0 Å². The van der Waals surface area contributed by atoms with Crippen molar-refractivity contribution in [3.63, 3.8) is 0 Å². The van der Waals surface area contributed by atoms with E-state index in [2.05, 4.69) is 5.10 Å². The molecule has 1 aromatic heterocycles. The summed E-state index contributed by atoms with van der Waals surface area (Å²) in [6.45, 7) is 4.24. The molecular formula is C14H17N3O2. The smallest absolute Gasteiger partial charge is 0.251 e. The first-order valence-electron chi connectivity index (χ1n) is 6.23. The number of aromatic hydroxyl groups is 1. The fraction of sp³-hybridized carbons (Fsp3) is 0.286. The zero-order valence-electron chi connectivity index (χ0n) is 11.0. The van der Waals surface area contributed by atoms with Gasteiger partial charge < -0.3 is 10.0 Å². The molecule has 1 heterocycles. The Hall–Kier alpha value is -2.30. The molecule has 2 aromatic rings. The molecule has 0 bridgehead atoms. The number of nitrogens with zero attached hydrogens (tertiary/aromatic N) is 3. The molecule has 0 aliphatic heterocycles. The van der Waals surface area contributed by atoms with Crippen LogP contribution in [0.4, 0.5) is 5.69 Å². The van der Waals surface area contributed by atoms with E-state index in [9.17, 15) is 9.90 Å². The highest BCUT2D eigenvalue weighted by Gasteiger charge is 2.22. The van der Waals surface area contributed by atoms with E-state index >= 15 is 0 Å². The number of aromatic nitrogens is 2. The van der Waals surface area contributed by atoms with E-state index in [0.29, 0.717) is 12.2 Å². The van der Waals surface area contributed by atoms with Gasteiger partial charge in [0.1, 0.15) is 11.8 Å². The van der Waals surface area contributed by atoms with E-state index in [1.54, 1.807) is 59.2 Å². The normalized spacial score (nSPS) is 12.1. The number of rotatable bonds is 4. The topological polar surface area (TPSA) is 58.4 Å². The van der Waals surface area contributed by atoms with Crippen LogP contribution in [0.3, 0.4) is 0 Å². The van der Waals surface area contributed by atoms with E-state index in [0.717, 1.165) is 0 Å². The largest absolute Gasteiger partial charge is 0.508 e. The molecule has 100 valence electrons. The lowest BCUT2D eigenvalue weighted by Crippen LogP contribution is -2.36. The maximum Gasteiger partial charge on any atom is 0.251 e. The second-order valence-electron chi connectivity index (χ2n) is 4.26. The first kappa shape index (κ1) is 13.1. The SMILES string of the molecule is CCN(C(=O)C(C)n1cccn1)c1cccc(O)c1. The summed E-state index contributed by atoms with van der Waals surface area (Å²) < 4.78 is 1.62. The van der Waals surface area contributed by atoms with Crippen molar-refractivity contribution in [3.8, 4) is 5.75 Å². The molecule has 0 radical (unpaired) electrons. The third kappa shape index (κ3) is 2.76. The molecule has 5 nitrogen and oxygen atoms in total. The zero-order chi connectivity index (χ0) is 13.8. The van der Waals surface area contributed by atoms with Crippen LogP contribution in [-0.4, -0.2) is 27.3 Å². The maximum absolute atomic E-state index is 12.5. The number of carbonyl (C=O) groups excluding carboxylic acids is 1. The minimum Gasteiger partial charge on any atom is -0.508 e. The second kappa shape index (κ2) is 5.56. The Morgan fingerprint density at radius 3 is 2.84 bits per heavy atom. The summed E-state index contributed by atoms with van der Waals surface area (Å²) in [5.41, 5.74) is 0.687. The monoisotopic (exact) mass is 259 g/mol. The van der Waals surface area contributed by atoms with Crippen LogP contribution in [0.1, 0.15) is 19.9 Å². The lowest BCUT2D eigenvalue weighted by Gasteiger charge is -2.24. The van der Waals surface area contributed by atoms with Crippen LogP contribution in [0.2, 0.25) is 0 Å².